The van der Waals surface area contributed by atoms with E-state index in [1.54, 1.807) is 0 Å². The molecule has 0 heterocycles. The number of unbranched alkanes of at least 4 members (excludes halogenated alkanes) is 22. The van der Waals surface area contributed by atoms with Gasteiger partial charge in [0.2, 0.25) is 0 Å². The third-order valence-electron chi connectivity index (χ3n) is 12.4. The van der Waals surface area contributed by atoms with Crippen LogP contribution in [0.3, 0.4) is 0 Å². The summed E-state index contributed by atoms with van der Waals surface area (Å²) in [5, 5.41) is 0. The maximum absolute atomic E-state index is 13.4. The molecule has 0 aliphatic carbocycles. The number of carbonyl (C=O) groups is 3. The van der Waals surface area contributed by atoms with E-state index in [0.717, 1.165) is 97.1 Å². The quantitative estimate of drug-likeness (QED) is 0.0339. The molecule has 9 nitrogen and oxygen atoms in total. The van der Waals surface area contributed by atoms with Crippen molar-refractivity contribution in [1.29, 1.82) is 0 Å². The van der Waals surface area contributed by atoms with Crippen LogP contribution >= 0.6 is 0 Å². The minimum atomic E-state index is -0.195. The van der Waals surface area contributed by atoms with Gasteiger partial charge in [0, 0.05) is 52.1 Å². The van der Waals surface area contributed by atoms with E-state index in [1.165, 1.54) is 128 Å². The van der Waals surface area contributed by atoms with Crippen molar-refractivity contribution in [1.82, 2.24) is 14.7 Å². The van der Waals surface area contributed by atoms with Gasteiger partial charge in [-0.25, -0.2) is 4.79 Å². The van der Waals surface area contributed by atoms with Crippen LogP contribution in [0.15, 0.2) is 0 Å². The average molecular weight is 866 g/mol. The summed E-state index contributed by atoms with van der Waals surface area (Å²) in [7, 11) is 0. The molecule has 0 aromatic carbocycles. The molecular formula is C52H103N3O6. The Kier molecular flexibility index (Phi) is 44.7. The maximum Gasteiger partial charge on any atom is 0.409 e. The lowest BCUT2D eigenvalue weighted by Crippen LogP contribution is -2.40. The van der Waals surface area contributed by atoms with E-state index in [0.29, 0.717) is 51.7 Å². The third kappa shape index (κ3) is 39.5. The van der Waals surface area contributed by atoms with Gasteiger partial charge in [0.1, 0.15) is 13.2 Å². The van der Waals surface area contributed by atoms with Crippen LogP contribution in [0, 0.1) is 5.92 Å². The van der Waals surface area contributed by atoms with Crippen LogP contribution in [0.1, 0.15) is 241 Å². The van der Waals surface area contributed by atoms with E-state index in [2.05, 4.69) is 51.3 Å². The van der Waals surface area contributed by atoms with Crippen LogP contribution in [0.5, 0.6) is 0 Å². The Labute approximate surface area is 378 Å². The van der Waals surface area contributed by atoms with Gasteiger partial charge in [0.25, 0.3) is 0 Å². The molecule has 0 aromatic heterocycles. The van der Waals surface area contributed by atoms with E-state index in [4.69, 9.17) is 14.2 Å². The Balaban J connectivity index is 4.66. The Morgan fingerprint density at radius 3 is 1.21 bits per heavy atom. The molecule has 0 rings (SSSR count). The van der Waals surface area contributed by atoms with Crippen molar-refractivity contribution in [2.45, 2.75) is 241 Å². The number of hydrogen-bond acceptors (Lipinski definition) is 8. The lowest BCUT2D eigenvalue weighted by molar-refractivity contribution is -0.145. The van der Waals surface area contributed by atoms with E-state index in [-0.39, 0.29) is 18.0 Å². The van der Waals surface area contributed by atoms with Gasteiger partial charge in [-0.15, -0.1) is 0 Å². The van der Waals surface area contributed by atoms with Gasteiger partial charge in [0.05, 0.1) is 6.61 Å². The summed E-state index contributed by atoms with van der Waals surface area (Å²) in [4.78, 5) is 44.9. The monoisotopic (exact) mass is 866 g/mol. The Morgan fingerprint density at radius 1 is 0.377 bits per heavy atom. The highest BCUT2D eigenvalue weighted by atomic mass is 16.6. The highest BCUT2D eigenvalue weighted by molar-refractivity contribution is 5.69. The molecule has 0 aliphatic heterocycles. The van der Waals surface area contributed by atoms with Crippen LogP contribution in [0.2, 0.25) is 0 Å². The van der Waals surface area contributed by atoms with Crippen LogP contribution < -0.4 is 0 Å². The summed E-state index contributed by atoms with van der Waals surface area (Å²) in [6, 6.07) is 0. The molecule has 0 aromatic rings. The molecule has 0 atom stereocenters. The molecule has 61 heavy (non-hydrogen) atoms. The van der Waals surface area contributed by atoms with Gasteiger partial charge in [-0.05, 0) is 57.5 Å². The molecule has 0 aliphatic rings. The molecular weight excluding hydrogens is 763 g/mol. The standard InChI is InChI=1S/C52H103N3O6/c1-7-13-17-21-28-34-40-55(52(58)60-47-45-54(43-42-53(11-5)12-6)44-46-59-50(56)38-32-26-18-14-8-2)41-35-29-25-23-22-24-27-33-39-51(57)61-48-49(36-30-19-15-9-3)37-31-20-16-10-4/h49H,7-48H2,1-6H3. The number of nitrogens with zero attached hydrogens (tertiary/aromatic N) is 3. The van der Waals surface area contributed by atoms with Crippen LogP contribution in [-0.2, 0) is 23.8 Å². The summed E-state index contributed by atoms with van der Waals surface area (Å²) in [5.74, 6) is 0.412. The first kappa shape index (κ1) is 59.1. The highest BCUT2D eigenvalue weighted by Crippen LogP contribution is 2.20. The minimum Gasteiger partial charge on any atom is -0.465 e. The number of rotatable bonds is 47. The highest BCUT2D eigenvalue weighted by Gasteiger charge is 2.17. The van der Waals surface area contributed by atoms with E-state index in [9.17, 15) is 14.4 Å². The average Bonchev–Trinajstić information content (AvgIpc) is 3.26. The predicted molar refractivity (Wildman–Crippen MR) is 258 cm³/mol. The summed E-state index contributed by atoms with van der Waals surface area (Å²) in [5.41, 5.74) is 0. The van der Waals surface area contributed by atoms with Crippen molar-refractivity contribution in [2.24, 2.45) is 5.92 Å². The van der Waals surface area contributed by atoms with Crippen molar-refractivity contribution >= 4 is 18.0 Å². The summed E-state index contributed by atoms with van der Waals surface area (Å²) in [6.07, 6.45) is 35.1. The summed E-state index contributed by atoms with van der Waals surface area (Å²) in [6.45, 7) is 21.2. The SMILES string of the molecule is CCCCCCCCN(CCCCCCCCCCC(=O)OCC(CCCCCC)CCCCCC)C(=O)OCCN(CCOC(=O)CCCCCCC)CCN(CC)CC. The molecule has 0 saturated carbocycles. The first-order valence-corrected chi connectivity index (χ1v) is 26.5. The lowest BCUT2D eigenvalue weighted by Gasteiger charge is -2.27. The zero-order valence-corrected chi connectivity index (χ0v) is 41.6. The molecule has 362 valence electrons. The lowest BCUT2D eigenvalue weighted by atomic mass is 9.95. The van der Waals surface area contributed by atoms with Gasteiger partial charge in [-0.2, -0.15) is 0 Å². The molecule has 0 radical (unpaired) electrons. The molecule has 0 saturated heterocycles. The van der Waals surface area contributed by atoms with E-state index in [1.807, 2.05) is 4.90 Å². The van der Waals surface area contributed by atoms with Crippen LogP contribution in [0.4, 0.5) is 4.79 Å². The second-order valence-electron chi connectivity index (χ2n) is 17.9. The van der Waals surface area contributed by atoms with Crippen molar-refractivity contribution in [2.75, 3.05) is 72.2 Å². The summed E-state index contributed by atoms with van der Waals surface area (Å²) >= 11 is 0. The fraction of sp³-hybridized carbons (Fsp3) is 0.942. The Morgan fingerprint density at radius 2 is 0.754 bits per heavy atom. The fourth-order valence-corrected chi connectivity index (χ4v) is 8.07. The van der Waals surface area contributed by atoms with Crippen LogP contribution in [-0.4, -0.2) is 105 Å². The molecule has 0 fully saturated rings. The molecule has 0 unspecified atom stereocenters. The van der Waals surface area contributed by atoms with Crippen molar-refractivity contribution in [3.63, 3.8) is 0 Å². The number of esters is 2. The Bertz CT molecular complexity index is 951. The maximum atomic E-state index is 13.4. The second kappa shape index (κ2) is 46.1. The molecule has 1 amide bonds. The molecule has 0 N–H and O–H groups in total. The number of carbonyl (C=O) groups excluding carboxylic acids is 3. The van der Waals surface area contributed by atoms with Gasteiger partial charge >= 0.3 is 18.0 Å². The van der Waals surface area contributed by atoms with E-state index >= 15 is 0 Å². The van der Waals surface area contributed by atoms with Gasteiger partial charge in [-0.3, -0.25) is 14.5 Å². The minimum absolute atomic E-state index is 0.00912. The largest absolute Gasteiger partial charge is 0.465 e. The van der Waals surface area contributed by atoms with Crippen molar-refractivity contribution < 1.29 is 28.6 Å². The van der Waals surface area contributed by atoms with Gasteiger partial charge in [-0.1, -0.05) is 189 Å². The van der Waals surface area contributed by atoms with Crippen molar-refractivity contribution in [3.05, 3.63) is 0 Å². The zero-order chi connectivity index (χ0) is 44.9. The normalized spacial score (nSPS) is 11.6. The first-order chi connectivity index (χ1) is 29.8. The van der Waals surface area contributed by atoms with Gasteiger partial charge in [0.15, 0.2) is 0 Å². The number of hydrogen-bond donors (Lipinski definition) is 0. The first-order valence-electron chi connectivity index (χ1n) is 26.5. The van der Waals surface area contributed by atoms with E-state index < -0.39 is 0 Å². The smallest absolute Gasteiger partial charge is 0.409 e. The number of ether oxygens (including phenoxy) is 3. The zero-order valence-electron chi connectivity index (χ0n) is 41.6. The predicted octanol–water partition coefficient (Wildman–Crippen LogP) is 13.9. The topological polar surface area (TPSA) is 88.6 Å². The Hall–Kier alpha value is -1.87. The second-order valence-corrected chi connectivity index (χ2v) is 17.9. The summed E-state index contributed by atoms with van der Waals surface area (Å²) < 4.78 is 17.3. The molecule has 9 heteroatoms. The van der Waals surface area contributed by atoms with Crippen molar-refractivity contribution in [3.8, 4) is 0 Å². The fourth-order valence-electron chi connectivity index (χ4n) is 8.07. The third-order valence-corrected chi connectivity index (χ3v) is 12.4. The molecule has 0 spiro atoms. The number of likely N-dealkylation sites (N-methyl/N-ethyl adjacent to an activating group) is 1. The van der Waals surface area contributed by atoms with Gasteiger partial charge < -0.3 is 24.0 Å². The molecule has 0 bridgehead atoms. The van der Waals surface area contributed by atoms with Crippen LogP contribution in [0.25, 0.3) is 0 Å². The number of amides is 1.